The van der Waals surface area contributed by atoms with E-state index in [1.807, 2.05) is 22.9 Å². The molecule has 4 rings (SSSR count). The van der Waals surface area contributed by atoms with Gasteiger partial charge in [-0.2, -0.15) is 5.10 Å². The number of alkyl halides is 2. The number of likely N-dealkylation sites (tertiary alicyclic amines) is 1. The Morgan fingerprint density at radius 2 is 1.97 bits per heavy atom. The highest BCUT2D eigenvalue weighted by Crippen LogP contribution is 2.36. The van der Waals surface area contributed by atoms with E-state index in [0.29, 0.717) is 31.0 Å². The minimum atomic E-state index is -2.71. The standard InChI is InChI=1S/C25H32ClF2N5O2/c26-20-9-4-3-8-19(20)22-15-21(31-33(22)18-6-1-2-7-18)24(35)30-17(14-23(29)34)10-13-32-12-5-11-25(27,28)16-32/h3-4,8-9,15,17-18H,1-2,5-7,10-14,16H2,(H2,29,34)(H,30,35). The zero-order chi connectivity index (χ0) is 25.0. The number of carbonyl (C=O) groups is 2. The summed E-state index contributed by atoms with van der Waals surface area (Å²) in [6.45, 7) is 0.603. The van der Waals surface area contributed by atoms with Gasteiger partial charge >= 0.3 is 0 Å². The molecule has 2 aliphatic rings. The maximum Gasteiger partial charge on any atom is 0.272 e. The third-order valence-electron chi connectivity index (χ3n) is 6.84. The van der Waals surface area contributed by atoms with Gasteiger partial charge in [-0.15, -0.1) is 0 Å². The van der Waals surface area contributed by atoms with E-state index in [1.165, 1.54) is 0 Å². The van der Waals surface area contributed by atoms with E-state index in [1.54, 1.807) is 17.0 Å². The number of amides is 2. The first kappa shape index (κ1) is 25.6. The molecule has 1 saturated carbocycles. The fourth-order valence-electron chi connectivity index (χ4n) is 5.11. The van der Waals surface area contributed by atoms with Gasteiger partial charge in [0, 0.05) is 36.0 Å². The second-order valence-corrected chi connectivity index (χ2v) is 10.0. The average Bonchev–Trinajstić information content (AvgIpc) is 3.47. The third kappa shape index (κ3) is 6.58. The van der Waals surface area contributed by atoms with Crippen LogP contribution in [0, 0.1) is 0 Å². The fourth-order valence-corrected chi connectivity index (χ4v) is 5.34. The predicted molar refractivity (Wildman–Crippen MR) is 130 cm³/mol. The van der Waals surface area contributed by atoms with E-state index in [9.17, 15) is 18.4 Å². The van der Waals surface area contributed by atoms with Crippen molar-refractivity contribution < 1.29 is 18.4 Å². The van der Waals surface area contributed by atoms with Crippen molar-refractivity contribution in [2.75, 3.05) is 19.6 Å². The molecule has 10 heteroatoms. The number of piperidine rings is 1. The van der Waals surface area contributed by atoms with Crippen LogP contribution in [0.15, 0.2) is 30.3 Å². The number of aromatic nitrogens is 2. The molecule has 3 N–H and O–H groups in total. The highest BCUT2D eigenvalue weighted by molar-refractivity contribution is 6.33. The number of halogens is 3. The molecule has 2 fully saturated rings. The maximum absolute atomic E-state index is 13.8. The number of hydrogen-bond donors (Lipinski definition) is 2. The minimum Gasteiger partial charge on any atom is -0.370 e. The Kier molecular flexibility index (Phi) is 8.06. The van der Waals surface area contributed by atoms with Crippen molar-refractivity contribution in [1.82, 2.24) is 20.0 Å². The summed E-state index contributed by atoms with van der Waals surface area (Å²) in [5.74, 6) is -3.69. The molecule has 1 unspecified atom stereocenters. The van der Waals surface area contributed by atoms with Crippen molar-refractivity contribution in [3.63, 3.8) is 0 Å². The molecule has 0 spiro atoms. The Labute approximate surface area is 209 Å². The van der Waals surface area contributed by atoms with Gasteiger partial charge in [-0.25, -0.2) is 8.78 Å². The van der Waals surface area contributed by atoms with Gasteiger partial charge in [0.1, 0.15) is 0 Å². The Hall–Kier alpha value is -2.52. The van der Waals surface area contributed by atoms with Crippen LogP contribution in [-0.4, -0.2) is 58.1 Å². The van der Waals surface area contributed by atoms with Crippen molar-refractivity contribution in [3.8, 4) is 11.3 Å². The summed E-state index contributed by atoms with van der Waals surface area (Å²) in [5, 5.41) is 8.06. The molecule has 1 atom stereocenters. The molecule has 1 aliphatic carbocycles. The van der Waals surface area contributed by atoms with E-state index in [-0.39, 0.29) is 31.1 Å². The van der Waals surface area contributed by atoms with Crippen LogP contribution in [0.25, 0.3) is 11.3 Å². The van der Waals surface area contributed by atoms with Gasteiger partial charge in [0.2, 0.25) is 5.91 Å². The number of carbonyl (C=O) groups excluding carboxylic acids is 2. The SMILES string of the molecule is NC(=O)CC(CCN1CCCC(F)(F)C1)NC(=O)c1cc(-c2ccccc2Cl)n(C2CCCC2)n1. The highest BCUT2D eigenvalue weighted by atomic mass is 35.5. The van der Waals surface area contributed by atoms with E-state index in [0.717, 1.165) is 36.9 Å². The Balaban J connectivity index is 1.51. The average molecular weight is 508 g/mol. The van der Waals surface area contributed by atoms with Gasteiger partial charge in [-0.1, -0.05) is 42.6 Å². The molecule has 1 aliphatic heterocycles. The van der Waals surface area contributed by atoms with Gasteiger partial charge in [0.15, 0.2) is 5.69 Å². The molecule has 190 valence electrons. The summed E-state index contributed by atoms with van der Waals surface area (Å²) in [6.07, 6.45) is 4.73. The molecule has 1 saturated heterocycles. The van der Waals surface area contributed by atoms with Crippen LogP contribution < -0.4 is 11.1 Å². The predicted octanol–water partition coefficient (Wildman–Crippen LogP) is 4.41. The smallest absolute Gasteiger partial charge is 0.272 e. The van der Waals surface area contributed by atoms with E-state index in [4.69, 9.17) is 17.3 Å². The molecule has 0 radical (unpaired) electrons. The van der Waals surface area contributed by atoms with Crippen LogP contribution in [-0.2, 0) is 4.79 Å². The first-order valence-electron chi connectivity index (χ1n) is 12.3. The first-order chi connectivity index (χ1) is 16.7. The molecular weight excluding hydrogens is 476 g/mol. The number of hydrogen-bond acceptors (Lipinski definition) is 4. The zero-order valence-electron chi connectivity index (χ0n) is 19.7. The van der Waals surface area contributed by atoms with Gasteiger partial charge < -0.3 is 11.1 Å². The molecule has 2 heterocycles. The van der Waals surface area contributed by atoms with E-state index >= 15 is 0 Å². The molecule has 1 aromatic carbocycles. The molecule has 1 aromatic heterocycles. The third-order valence-corrected chi connectivity index (χ3v) is 7.17. The van der Waals surface area contributed by atoms with Crippen molar-refractivity contribution in [2.24, 2.45) is 5.73 Å². The number of nitrogens with one attached hydrogen (secondary N) is 1. The Bertz CT molecular complexity index is 1050. The van der Waals surface area contributed by atoms with Gasteiger partial charge in [0.05, 0.1) is 18.3 Å². The summed E-state index contributed by atoms with van der Waals surface area (Å²) < 4.78 is 29.4. The normalized spacial score (nSPS) is 19.5. The first-order valence-corrected chi connectivity index (χ1v) is 12.6. The molecule has 0 bridgehead atoms. The summed E-state index contributed by atoms with van der Waals surface area (Å²) in [7, 11) is 0. The van der Waals surface area contributed by atoms with E-state index < -0.39 is 23.8 Å². The van der Waals surface area contributed by atoms with Crippen LogP contribution in [0.3, 0.4) is 0 Å². The minimum absolute atomic E-state index is 0.0727. The lowest BCUT2D eigenvalue weighted by Crippen LogP contribution is -2.45. The van der Waals surface area contributed by atoms with Crippen molar-refractivity contribution in [2.45, 2.75) is 69.4 Å². The second-order valence-electron chi connectivity index (χ2n) is 9.64. The summed E-state index contributed by atoms with van der Waals surface area (Å²) >= 11 is 6.45. The van der Waals surface area contributed by atoms with Crippen molar-refractivity contribution in [1.29, 1.82) is 0 Å². The van der Waals surface area contributed by atoms with Crippen molar-refractivity contribution >= 4 is 23.4 Å². The monoisotopic (exact) mass is 507 g/mol. The van der Waals surface area contributed by atoms with Crippen LogP contribution >= 0.6 is 11.6 Å². The van der Waals surface area contributed by atoms with Crippen LogP contribution in [0.5, 0.6) is 0 Å². The molecule has 35 heavy (non-hydrogen) atoms. The topological polar surface area (TPSA) is 93.3 Å². The number of nitrogens with two attached hydrogens (primary N) is 1. The summed E-state index contributed by atoms with van der Waals surface area (Å²) in [6, 6.07) is 8.77. The molecule has 2 amide bonds. The second kappa shape index (κ2) is 11.0. The van der Waals surface area contributed by atoms with Crippen LogP contribution in [0.4, 0.5) is 8.78 Å². The Morgan fingerprint density at radius 1 is 1.23 bits per heavy atom. The molecule has 2 aromatic rings. The Morgan fingerprint density at radius 3 is 2.66 bits per heavy atom. The number of primary amides is 1. The maximum atomic E-state index is 13.8. The number of benzene rings is 1. The lowest BCUT2D eigenvalue weighted by atomic mass is 10.0. The highest BCUT2D eigenvalue weighted by Gasteiger charge is 2.35. The molecule has 7 nitrogen and oxygen atoms in total. The van der Waals surface area contributed by atoms with Gasteiger partial charge in [0.25, 0.3) is 11.8 Å². The van der Waals surface area contributed by atoms with Gasteiger partial charge in [-0.3, -0.25) is 19.2 Å². The summed E-state index contributed by atoms with van der Waals surface area (Å²) in [4.78, 5) is 26.5. The van der Waals surface area contributed by atoms with Crippen LogP contribution in [0.2, 0.25) is 5.02 Å². The fraction of sp³-hybridized carbons (Fsp3) is 0.560. The lowest BCUT2D eigenvalue weighted by molar-refractivity contribution is -0.118. The quantitative estimate of drug-likeness (QED) is 0.525. The lowest BCUT2D eigenvalue weighted by Gasteiger charge is -2.33. The van der Waals surface area contributed by atoms with Crippen molar-refractivity contribution in [3.05, 3.63) is 41.0 Å². The van der Waals surface area contributed by atoms with E-state index in [2.05, 4.69) is 10.4 Å². The molecular formula is C25H32ClF2N5O2. The summed E-state index contributed by atoms with van der Waals surface area (Å²) in [5.41, 5.74) is 7.20. The largest absolute Gasteiger partial charge is 0.370 e. The van der Waals surface area contributed by atoms with Crippen LogP contribution in [0.1, 0.15) is 67.9 Å². The number of nitrogens with zero attached hydrogens (tertiary/aromatic N) is 3. The zero-order valence-corrected chi connectivity index (χ0v) is 20.4. The number of rotatable bonds is 9. The van der Waals surface area contributed by atoms with Gasteiger partial charge in [-0.05, 0) is 44.4 Å².